The number of aliphatic carboxylic acids is 1. The van der Waals surface area contributed by atoms with Gasteiger partial charge in [0, 0.05) is 11.8 Å². The summed E-state index contributed by atoms with van der Waals surface area (Å²) in [6, 6.07) is 8.30. The van der Waals surface area contributed by atoms with Gasteiger partial charge in [-0.1, -0.05) is 36.4 Å². The lowest BCUT2D eigenvalue weighted by Gasteiger charge is -2.43. The normalized spacial score (nSPS) is 32.0. The van der Waals surface area contributed by atoms with E-state index in [1.165, 1.54) is 19.4 Å². The maximum atomic E-state index is 12.5. The van der Waals surface area contributed by atoms with E-state index >= 15 is 0 Å². The molecule has 12 heteroatoms. The molecule has 0 aromatic heterocycles. The van der Waals surface area contributed by atoms with E-state index in [4.69, 9.17) is 18.9 Å². The largest absolute Gasteiger partial charge is 0.480 e. The first-order valence-corrected chi connectivity index (χ1v) is 12.2. The summed E-state index contributed by atoms with van der Waals surface area (Å²) in [5.74, 6) is -2.93. The smallest absolute Gasteiger partial charge is 0.337 e. The minimum Gasteiger partial charge on any atom is -0.480 e. The van der Waals surface area contributed by atoms with Gasteiger partial charge in [0.2, 0.25) is 6.29 Å². The van der Waals surface area contributed by atoms with Gasteiger partial charge in [-0.3, -0.25) is 4.79 Å². The van der Waals surface area contributed by atoms with Crippen molar-refractivity contribution in [1.29, 1.82) is 0 Å². The number of rotatable bonds is 12. The highest BCUT2D eigenvalue weighted by molar-refractivity contribution is 5.89. The van der Waals surface area contributed by atoms with Gasteiger partial charge >= 0.3 is 11.9 Å². The molecule has 1 aromatic carbocycles. The lowest BCUT2D eigenvalue weighted by atomic mass is 9.81. The van der Waals surface area contributed by atoms with Gasteiger partial charge < -0.3 is 49.8 Å². The van der Waals surface area contributed by atoms with Crippen molar-refractivity contribution in [3.8, 4) is 0 Å². The molecule has 3 rings (SSSR count). The van der Waals surface area contributed by atoms with Gasteiger partial charge in [0.05, 0.1) is 25.6 Å². The highest BCUT2D eigenvalue weighted by Gasteiger charge is 2.47. The second-order valence-electron chi connectivity index (χ2n) is 9.15. The molecule has 2 aliphatic heterocycles. The van der Waals surface area contributed by atoms with Crippen molar-refractivity contribution in [2.24, 2.45) is 11.8 Å². The fourth-order valence-corrected chi connectivity index (χ4v) is 4.60. The van der Waals surface area contributed by atoms with Crippen LogP contribution in [0.25, 0.3) is 0 Å². The number of methoxy groups -OCH3 is 1. The maximum Gasteiger partial charge on any atom is 0.337 e. The number of hydrogen-bond donors (Lipinski definition) is 6. The monoisotopic (exact) mass is 537 g/mol. The molecule has 2 aliphatic rings. The number of carboxylic acid groups (broad SMARTS) is 1. The van der Waals surface area contributed by atoms with Gasteiger partial charge in [-0.25, -0.2) is 4.79 Å². The van der Waals surface area contributed by atoms with Gasteiger partial charge in [0.1, 0.15) is 30.5 Å². The number of benzene rings is 1. The van der Waals surface area contributed by atoms with E-state index in [1.54, 1.807) is 0 Å². The van der Waals surface area contributed by atoms with Crippen molar-refractivity contribution < 1.29 is 54.1 Å². The van der Waals surface area contributed by atoms with Gasteiger partial charge in [-0.2, -0.15) is 0 Å². The number of hydrogen-bond acceptors (Lipinski definition) is 11. The summed E-state index contributed by atoms with van der Waals surface area (Å²) in [6.07, 6.45) is -5.43. The van der Waals surface area contributed by atoms with Crippen molar-refractivity contribution in [3.63, 3.8) is 0 Å². The Kier molecular flexibility index (Phi) is 10.8. The summed E-state index contributed by atoms with van der Waals surface area (Å²) in [5.41, 5.74) is 1.04. The molecule has 6 N–H and O–H groups in total. The Labute approximate surface area is 220 Å². The lowest BCUT2D eigenvalue weighted by Crippen LogP contribution is -2.60. The molecule has 1 aromatic rings. The average molecular weight is 538 g/mol. The Morgan fingerprint density at radius 2 is 1.84 bits per heavy atom. The van der Waals surface area contributed by atoms with Crippen LogP contribution in [-0.4, -0.2) is 101 Å². The first-order chi connectivity index (χ1) is 18.2. The standard InChI is InChI=1S/C26H35NO11/c1-3-15-16(9-10-27-18(23(32)33)11-14-7-5-4-6-8-14)17(24(34)35-2)13-36-25(15)38-26-22(31)21(30)20(29)19(12-28)37-26/h3-8,13,15-16,18-22,25-31H,1,9-12H2,2H3,(H,32,33)/t15-,16+,18+,19-,20-,21+,22-,25+,26-/m1/s1. The SMILES string of the molecule is C=C[C@H]1[C@H](O[C@H]2O[C@H](CO)[C@@H](O)[C@H](O)[C@H]2O)OC=C(C(=O)OC)[C@H]1CCN[C@@H](Cc1ccccc1)C(=O)O. The minimum absolute atomic E-state index is 0.183. The summed E-state index contributed by atoms with van der Waals surface area (Å²) in [7, 11) is 1.22. The molecule has 210 valence electrons. The topological polar surface area (TPSA) is 184 Å². The molecule has 0 unspecified atom stereocenters. The summed E-state index contributed by atoms with van der Waals surface area (Å²) < 4.78 is 21.7. The molecule has 1 fully saturated rings. The molecule has 0 radical (unpaired) electrons. The van der Waals surface area contributed by atoms with Crippen LogP contribution in [0.15, 0.2) is 54.8 Å². The second-order valence-corrected chi connectivity index (χ2v) is 9.15. The van der Waals surface area contributed by atoms with Crippen molar-refractivity contribution in [3.05, 3.63) is 60.4 Å². The van der Waals surface area contributed by atoms with Crippen LogP contribution in [0.4, 0.5) is 0 Å². The zero-order valence-electron chi connectivity index (χ0n) is 21.0. The van der Waals surface area contributed by atoms with Crippen LogP contribution in [0.5, 0.6) is 0 Å². The molecule has 12 nitrogen and oxygen atoms in total. The molecule has 0 bridgehead atoms. The maximum absolute atomic E-state index is 12.5. The molecule has 9 atom stereocenters. The second kappa shape index (κ2) is 13.8. The van der Waals surface area contributed by atoms with Crippen LogP contribution in [0.3, 0.4) is 0 Å². The van der Waals surface area contributed by atoms with E-state index in [1.807, 2.05) is 30.3 Å². The lowest BCUT2D eigenvalue weighted by molar-refractivity contribution is -0.339. The Morgan fingerprint density at radius 1 is 1.13 bits per heavy atom. The Balaban J connectivity index is 1.73. The third-order valence-corrected chi connectivity index (χ3v) is 6.74. The highest BCUT2D eigenvalue weighted by atomic mass is 16.8. The number of carbonyl (C=O) groups excluding carboxylic acids is 1. The average Bonchev–Trinajstić information content (AvgIpc) is 2.92. The Hall–Kier alpha value is -2.84. The molecule has 0 spiro atoms. The summed E-state index contributed by atoms with van der Waals surface area (Å²) >= 11 is 0. The molecule has 1 saturated heterocycles. The van der Waals surface area contributed by atoms with Gasteiger partial charge in [-0.15, -0.1) is 6.58 Å². The first kappa shape index (κ1) is 29.7. The third kappa shape index (κ3) is 6.97. The van der Waals surface area contributed by atoms with E-state index in [-0.39, 0.29) is 25.0 Å². The van der Waals surface area contributed by atoms with Gasteiger partial charge in [0.15, 0.2) is 6.29 Å². The van der Waals surface area contributed by atoms with Crippen molar-refractivity contribution >= 4 is 11.9 Å². The van der Waals surface area contributed by atoms with Crippen molar-refractivity contribution in [2.75, 3.05) is 20.3 Å². The van der Waals surface area contributed by atoms with E-state index in [9.17, 15) is 35.1 Å². The molecular formula is C26H35NO11. The summed E-state index contributed by atoms with van der Waals surface area (Å²) in [4.78, 5) is 24.3. The Morgan fingerprint density at radius 3 is 2.45 bits per heavy atom. The van der Waals surface area contributed by atoms with Crippen molar-refractivity contribution in [1.82, 2.24) is 5.32 Å². The number of aliphatic hydroxyl groups is 4. The molecule has 0 aliphatic carbocycles. The molecular weight excluding hydrogens is 502 g/mol. The van der Waals surface area contributed by atoms with Gasteiger partial charge in [0.25, 0.3) is 0 Å². The molecule has 0 amide bonds. The predicted molar refractivity (Wildman–Crippen MR) is 131 cm³/mol. The highest BCUT2D eigenvalue weighted by Crippen LogP contribution is 2.36. The van der Waals surface area contributed by atoms with Crippen LogP contribution < -0.4 is 5.32 Å². The van der Waals surface area contributed by atoms with E-state index < -0.39 is 73.4 Å². The van der Waals surface area contributed by atoms with Crippen molar-refractivity contribution in [2.45, 2.75) is 55.9 Å². The number of ether oxygens (including phenoxy) is 4. The Bertz CT molecular complexity index is 969. The number of carboxylic acids is 1. The number of aliphatic hydroxyl groups excluding tert-OH is 4. The fourth-order valence-electron chi connectivity index (χ4n) is 4.60. The van der Waals surface area contributed by atoms with E-state index in [0.717, 1.165) is 5.56 Å². The van der Waals surface area contributed by atoms with Crippen LogP contribution in [-0.2, 0) is 35.0 Å². The number of carbonyl (C=O) groups is 2. The zero-order valence-corrected chi connectivity index (χ0v) is 21.0. The van der Waals surface area contributed by atoms with E-state index in [2.05, 4.69) is 11.9 Å². The zero-order chi connectivity index (χ0) is 27.8. The molecule has 2 heterocycles. The van der Waals surface area contributed by atoms with Crippen LogP contribution >= 0.6 is 0 Å². The van der Waals surface area contributed by atoms with Crippen LogP contribution in [0, 0.1) is 11.8 Å². The quantitative estimate of drug-likeness (QED) is 0.146. The molecule has 38 heavy (non-hydrogen) atoms. The van der Waals surface area contributed by atoms with E-state index in [0.29, 0.717) is 0 Å². The van der Waals surface area contributed by atoms with Gasteiger partial charge in [-0.05, 0) is 24.9 Å². The summed E-state index contributed by atoms with van der Waals surface area (Å²) in [5, 5.41) is 52.6. The molecule has 0 saturated carbocycles. The fraction of sp³-hybridized carbons (Fsp3) is 0.538. The van der Waals surface area contributed by atoms with Crippen LogP contribution in [0.2, 0.25) is 0 Å². The minimum atomic E-state index is -1.65. The third-order valence-electron chi connectivity index (χ3n) is 6.74. The summed E-state index contributed by atoms with van der Waals surface area (Å²) in [6.45, 7) is 3.39. The number of nitrogens with one attached hydrogen (secondary N) is 1. The first-order valence-electron chi connectivity index (χ1n) is 12.2. The van der Waals surface area contributed by atoms with Crippen LogP contribution in [0.1, 0.15) is 12.0 Å². The number of esters is 1. The predicted octanol–water partition coefficient (Wildman–Crippen LogP) is -0.690.